The zero-order valence-electron chi connectivity index (χ0n) is 13.8. The number of piperazine rings is 1. The van der Waals surface area contributed by atoms with E-state index < -0.39 is 15.4 Å². The van der Waals surface area contributed by atoms with Crippen LogP contribution in [0.3, 0.4) is 0 Å². The minimum Gasteiger partial charge on any atom is -0.339 e. The fourth-order valence-corrected chi connectivity index (χ4v) is 5.29. The number of sulfonamides is 1. The highest BCUT2D eigenvalue weighted by atomic mass is 35.5. The van der Waals surface area contributed by atoms with Crippen molar-refractivity contribution in [3.05, 3.63) is 29.3 Å². The summed E-state index contributed by atoms with van der Waals surface area (Å²) >= 11 is 5.89. The van der Waals surface area contributed by atoms with Gasteiger partial charge in [0, 0.05) is 31.2 Å². The molecular formula is C17H20ClN3O3S. The lowest BCUT2D eigenvalue weighted by molar-refractivity contribution is -0.140. The molecule has 1 heterocycles. The highest BCUT2D eigenvalue weighted by Gasteiger charge is 2.45. The van der Waals surface area contributed by atoms with E-state index in [0.717, 1.165) is 12.8 Å². The van der Waals surface area contributed by atoms with Crippen LogP contribution in [-0.2, 0) is 14.8 Å². The van der Waals surface area contributed by atoms with Crippen LogP contribution in [-0.4, -0.2) is 49.7 Å². The molecule has 0 aromatic heterocycles. The van der Waals surface area contributed by atoms with Crippen LogP contribution in [0.2, 0.25) is 5.02 Å². The van der Waals surface area contributed by atoms with Crippen LogP contribution >= 0.6 is 11.6 Å². The number of benzene rings is 1. The molecule has 1 saturated heterocycles. The molecule has 1 aliphatic heterocycles. The molecule has 1 saturated carbocycles. The van der Waals surface area contributed by atoms with Gasteiger partial charge in [-0.3, -0.25) is 4.79 Å². The van der Waals surface area contributed by atoms with Gasteiger partial charge in [-0.1, -0.05) is 30.5 Å². The average molecular weight is 382 g/mol. The summed E-state index contributed by atoms with van der Waals surface area (Å²) in [5.74, 6) is -0.146. The third-order valence-electron chi connectivity index (χ3n) is 5.04. The Kier molecular flexibility index (Phi) is 5.05. The van der Waals surface area contributed by atoms with Crippen molar-refractivity contribution >= 4 is 27.5 Å². The fourth-order valence-electron chi connectivity index (χ4n) is 3.56. The van der Waals surface area contributed by atoms with E-state index in [2.05, 4.69) is 6.07 Å². The van der Waals surface area contributed by atoms with Gasteiger partial charge in [0.1, 0.15) is 5.41 Å². The van der Waals surface area contributed by atoms with Crippen LogP contribution in [0.5, 0.6) is 0 Å². The van der Waals surface area contributed by atoms with Gasteiger partial charge in [0.2, 0.25) is 15.9 Å². The largest absolute Gasteiger partial charge is 0.339 e. The summed E-state index contributed by atoms with van der Waals surface area (Å²) in [7, 11) is -3.63. The Morgan fingerprint density at radius 2 is 1.80 bits per heavy atom. The van der Waals surface area contributed by atoms with E-state index in [4.69, 9.17) is 11.6 Å². The molecule has 2 fully saturated rings. The van der Waals surface area contributed by atoms with Gasteiger partial charge in [-0.2, -0.15) is 9.57 Å². The van der Waals surface area contributed by atoms with Gasteiger partial charge in [0.05, 0.1) is 11.0 Å². The highest BCUT2D eigenvalue weighted by molar-refractivity contribution is 7.89. The van der Waals surface area contributed by atoms with E-state index in [0.29, 0.717) is 31.0 Å². The summed E-state index contributed by atoms with van der Waals surface area (Å²) in [4.78, 5) is 14.5. The predicted octanol–water partition coefficient (Wildman–Crippen LogP) is 2.26. The van der Waals surface area contributed by atoms with Crippen molar-refractivity contribution < 1.29 is 13.2 Å². The molecule has 134 valence electrons. The molecule has 1 aromatic rings. The maximum Gasteiger partial charge on any atom is 0.243 e. The standard InChI is InChI=1S/C17H20ClN3O3S/c18-14-4-3-5-15(12-14)25(23,24)21-10-8-20(9-11-21)16(22)17(13-19)6-1-2-7-17/h3-5,12H,1-2,6-11H2. The average Bonchev–Trinajstić information content (AvgIpc) is 3.11. The molecule has 3 rings (SSSR count). The zero-order valence-corrected chi connectivity index (χ0v) is 15.4. The third-order valence-corrected chi connectivity index (χ3v) is 7.17. The Balaban J connectivity index is 1.70. The molecule has 0 spiro atoms. The van der Waals surface area contributed by atoms with Crippen LogP contribution < -0.4 is 0 Å². The SMILES string of the molecule is N#CC1(C(=O)N2CCN(S(=O)(=O)c3cccc(Cl)c3)CC2)CCCC1. The Morgan fingerprint density at radius 1 is 1.16 bits per heavy atom. The van der Waals surface area contributed by atoms with E-state index in [1.165, 1.54) is 16.4 Å². The van der Waals surface area contributed by atoms with Crippen molar-refractivity contribution in [2.24, 2.45) is 5.41 Å². The molecule has 1 amide bonds. The maximum absolute atomic E-state index is 12.7. The molecule has 1 aromatic carbocycles. The lowest BCUT2D eigenvalue weighted by Gasteiger charge is -2.37. The monoisotopic (exact) mass is 381 g/mol. The van der Waals surface area contributed by atoms with Crippen molar-refractivity contribution in [2.45, 2.75) is 30.6 Å². The molecule has 6 nitrogen and oxygen atoms in total. The Morgan fingerprint density at radius 3 is 2.36 bits per heavy atom. The highest BCUT2D eigenvalue weighted by Crippen LogP contribution is 2.39. The number of hydrogen-bond donors (Lipinski definition) is 0. The normalized spacial score (nSPS) is 21.0. The smallest absolute Gasteiger partial charge is 0.243 e. The van der Waals surface area contributed by atoms with Gasteiger partial charge >= 0.3 is 0 Å². The van der Waals surface area contributed by atoms with Gasteiger partial charge < -0.3 is 4.90 Å². The van der Waals surface area contributed by atoms with Crippen LogP contribution in [0.1, 0.15) is 25.7 Å². The number of carbonyl (C=O) groups excluding carboxylic acids is 1. The van der Waals surface area contributed by atoms with Gasteiger partial charge in [0.15, 0.2) is 0 Å². The summed E-state index contributed by atoms with van der Waals surface area (Å²) in [6.07, 6.45) is 2.98. The van der Waals surface area contributed by atoms with Gasteiger partial charge in [-0.05, 0) is 31.0 Å². The minimum atomic E-state index is -3.63. The Bertz CT molecular complexity index is 805. The van der Waals surface area contributed by atoms with E-state index >= 15 is 0 Å². The number of amides is 1. The Hall–Kier alpha value is -1.62. The second-order valence-corrected chi connectivity index (χ2v) is 8.93. The molecule has 0 radical (unpaired) electrons. The molecule has 0 unspecified atom stereocenters. The van der Waals surface area contributed by atoms with E-state index in [9.17, 15) is 18.5 Å². The first kappa shape index (κ1) is 18.2. The molecule has 0 atom stereocenters. The van der Waals surface area contributed by atoms with Gasteiger partial charge in [-0.25, -0.2) is 8.42 Å². The summed E-state index contributed by atoms with van der Waals surface area (Å²) in [6, 6.07) is 8.38. The summed E-state index contributed by atoms with van der Waals surface area (Å²) in [5.41, 5.74) is -0.909. The number of rotatable bonds is 3. The topological polar surface area (TPSA) is 81.5 Å². The molecule has 0 N–H and O–H groups in total. The molecule has 0 bridgehead atoms. The summed E-state index contributed by atoms with van der Waals surface area (Å²) < 4.78 is 26.8. The maximum atomic E-state index is 12.7. The second kappa shape index (κ2) is 6.94. The van der Waals surface area contributed by atoms with Crippen LogP contribution in [0, 0.1) is 16.7 Å². The first-order chi connectivity index (χ1) is 11.9. The van der Waals surface area contributed by atoms with E-state index in [1.54, 1.807) is 17.0 Å². The number of halogens is 1. The number of nitriles is 1. The molecule has 8 heteroatoms. The molecule has 2 aliphatic rings. The summed E-state index contributed by atoms with van der Waals surface area (Å²) in [6.45, 7) is 1.06. The quantitative estimate of drug-likeness (QED) is 0.804. The third kappa shape index (κ3) is 3.39. The lowest BCUT2D eigenvalue weighted by atomic mass is 9.86. The number of hydrogen-bond acceptors (Lipinski definition) is 4. The van der Waals surface area contributed by atoms with E-state index in [-0.39, 0.29) is 23.9 Å². The van der Waals surface area contributed by atoms with Crippen molar-refractivity contribution in [3.63, 3.8) is 0 Å². The minimum absolute atomic E-state index is 0.146. The van der Waals surface area contributed by atoms with Crippen LogP contribution in [0.15, 0.2) is 29.2 Å². The van der Waals surface area contributed by atoms with Gasteiger partial charge in [0.25, 0.3) is 0 Å². The first-order valence-corrected chi connectivity index (χ1v) is 10.2. The second-order valence-electron chi connectivity index (χ2n) is 6.55. The molecule has 25 heavy (non-hydrogen) atoms. The number of carbonyl (C=O) groups is 1. The fraction of sp³-hybridized carbons (Fsp3) is 0.529. The molecule has 1 aliphatic carbocycles. The predicted molar refractivity (Wildman–Crippen MR) is 93.3 cm³/mol. The zero-order chi connectivity index (χ0) is 18.1. The Labute approximate surface area is 153 Å². The van der Waals surface area contributed by atoms with E-state index in [1.807, 2.05) is 0 Å². The summed E-state index contributed by atoms with van der Waals surface area (Å²) in [5, 5.41) is 9.82. The van der Waals surface area contributed by atoms with Crippen LogP contribution in [0.25, 0.3) is 0 Å². The van der Waals surface area contributed by atoms with Crippen molar-refractivity contribution in [1.29, 1.82) is 5.26 Å². The van der Waals surface area contributed by atoms with Gasteiger partial charge in [-0.15, -0.1) is 0 Å². The number of nitrogens with zero attached hydrogens (tertiary/aromatic N) is 3. The van der Waals surface area contributed by atoms with Crippen molar-refractivity contribution in [1.82, 2.24) is 9.21 Å². The first-order valence-electron chi connectivity index (χ1n) is 8.35. The molecular weight excluding hydrogens is 362 g/mol. The van der Waals surface area contributed by atoms with Crippen LogP contribution in [0.4, 0.5) is 0 Å². The van der Waals surface area contributed by atoms with Crippen molar-refractivity contribution in [2.75, 3.05) is 26.2 Å². The van der Waals surface area contributed by atoms with Crippen molar-refractivity contribution in [3.8, 4) is 6.07 Å². The lowest BCUT2D eigenvalue weighted by Crippen LogP contribution is -2.53.